The summed E-state index contributed by atoms with van der Waals surface area (Å²) in [6.45, 7) is -0.144. The fourth-order valence-electron chi connectivity index (χ4n) is 2.61. The smallest absolute Gasteiger partial charge is 0.274 e. The number of pyridine rings is 1. The highest BCUT2D eigenvalue weighted by atomic mass is 16.5. The summed E-state index contributed by atoms with van der Waals surface area (Å²) in [5.41, 5.74) is 0.703. The number of carbonyl (C=O) groups is 1. The Labute approximate surface area is 149 Å². The number of aliphatic hydroxyl groups is 1. The second-order valence-electron chi connectivity index (χ2n) is 5.56. The van der Waals surface area contributed by atoms with E-state index in [-0.39, 0.29) is 31.0 Å². The fourth-order valence-corrected chi connectivity index (χ4v) is 2.61. The Balaban J connectivity index is 1.88. The van der Waals surface area contributed by atoms with Crippen molar-refractivity contribution in [3.8, 4) is 5.88 Å². The summed E-state index contributed by atoms with van der Waals surface area (Å²) in [4.78, 5) is 28.8. The molecule has 0 unspecified atom stereocenters. The molecule has 1 amide bonds. The molecule has 0 spiro atoms. The minimum atomic E-state index is -0.293. The first kappa shape index (κ1) is 17.6. The van der Waals surface area contributed by atoms with Gasteiger partial charge in [0.25, 0.3) is 5.56 Å². The summed E-state index contributed by atoms with van der Waals surface area (Å²) in [7, 11) is 1.51. The van der Waals surface area contributed by atoms with Crippen LogP contribution < -0.4 is 15.6 Å². The molecule has 2 aromatic heterocycles. The molecule has 0 atom stereocenters. The van der Waals surface area contributed by atoms with Gasteiger partial charge in [-0.15, -0.1) is 0 Å². The molecule has 2 N–H and O–H groups in total. The van der Waals surface area contributed by atoms with Crippen LogP contribution in [0.3, 0.4) is 0 Å². The molecule has 0 aliphatic heterocycles. The van der Waals surface area contributed by atoms with Crippen LogP contribution in [-0.2, 0) is 17.8 Å². The largest absolute Gasteiger partial charge is 0.481 e. The van der Waals surface area contributed by atoms with Crippen LogP contribution in [0, 0.1) is 0 Å². The third-order valence-corrected chi connectivity index (χ3v) is 3.81. The number of amides is 1. The Kier molecular flexibility index (Phi) is 5.23. The van der Waals surface area contributed by atoms with E-state index in [9.17, 15) is 9.59 Å². The van der Waals surface area contributed by atoms with Gasteiger partial charge in [-0.2, -0.15) is 5.10 Å². The maximum absolute atomic E-state index is 12.4. The Morgan fingerprint density at radius 3 is 2.65 bits per heavy atom. The van der Waals surface area contributed by atoms with E-state index in [0.717, 1.165) is 0 Å². The van der Waals surface area contributed by atoms with Crippen LogP contribution in [0.5, 0.6) is 5.88 Å². The van der Waals surface area contributed by atoms with Gasteiger partial charge in [-0.1, -0.05) is 18.2 Å². The topological polar surface area (TPSA) is 106 Å². The number of methoxy groups -OCH3 is 1. The number of nitrogens with one attached hydrogen (secondary N) is 1. The van der Waals surface area contributed by atoms with Crippen molar-refractivity contribution >= 4 is 22.4 Å². The summed E-state index contributed by atoms with van der Waals surface area (Å²) in [6.07, 6.45) is 1.48. The van der Waals surface area contributed by atoms with Crippen molar-refractivity contribution in [3.05, 3.63) is 58.6 Å². The Bertz CT molecular complexity index is 983. The Morgan fingerprint density at radius 2 is 2.00 bits per heavy atom. The molecule has 8 nitrogen and oxygen atoms in total. The summed E-state index contributed by atoms with van der Waals surface area (Å²) in [5.74, 6) is 0.163. The number of ether oxygens (including phenoxy) is 1. The van der Waals surface area contributed by atoms with Gasteiger partial charge in [0.05, 0.1) is 49.6 Å². The molecule has 8 heteroatoms. The molecule has 3 aromatic rings. The standard InChI is InChI=1S/C18H18N4O4/c1-26-17-7-6-12(11-19-17)20-16(24)10-15-13-4-2-3-5-14(13)18(25)22(21-15)8-9-23/h2-7,11,23H,8-10H2,1H3,(H,20,24). The van der Waals surface area contributed by atoms with E-state index < -0.39 is 0 Å². The molecule has 134 valence electrons. The number of benzene rings is 1. The van der Waals surface area contributed by atoms with Crippen LogP contribution in [-0.4, -0.2) is 39.5 Å². The van der Waals surface area contributed by atoms with Crippen molar-refractivity contribution < 1.29 is 14.6 Å². The molecule has 0 saturated heterocycles. The molecule has 1 aromatic carbocycles. The quantitative estimate of drug-likeness (QED) is 0.683. The molecule has 0 aliphatic carbocycles. The molecule has 0 aliphatic rings. The highest BCUT2D eigenvalue weighted by Crippen LogP contribution is 2.15. The maximum Gasteiger partial charge on any atom is 0.274 e. The zero-order chi connectivity index (χ0) is 18.5. The lowest BCUT2D eigenvalue weighted by atomic mass is 10.1. The molecule has 2 heterocycles. The molecule has 0 bridgehead atoms. The SMILES string of the molecule is COc1ccc(NC(=O)Cc2nn(CCO)c(=O)c3ccccc23)cn1. The number of hydrogen-bond donors (Lipinski definition) is 2. The van der Waals surface area contributed by atoms with E-state index >= 15 is 0 Å². The van der Waals surface area contributed by atoms with Crippen LogP contribution in [0.4, 0.5) is 5.69 Å². The number of fused-ring (bicyclic) bond motifs is 1. The van der Waals surface area contributed by atoms with Crippen LogP contribution in [0.15, 0.2) is 47.4 Å². The van der Waals surface area contributed by atoms with Gasteiger partial charge in [-0.3, -0.25) is 9.59 Å². The molecule has 0 radical (unpaired) electrons. The summed E-state index contributed by atoms with van der Waals surface area (Å²) in [5, 5.41) is 17.2. The van der Waals surface area contributed by atoms with E-state index in [1.54, 1.807) is 36.4 Å². The lowest BCUT2D eigenvalue weighted by Crippen LogP contribution is -2.27. The first-order valence-corrected chi connectivity index (χ1v) is 8.02. The average Bonchev–Trinajstić information content (AvgIpc) is 2.66. The first-order valence-electron chi connectivity index (χ1n) is 8.02. The van der Waals surface area contributed by atoms with Gasteiger partial charge >= 0.3 is 0 Å². The summed E-state index contributed by atoms with van der Waals surface area (Å²) < 4.78 is 6.16. The summed E-state index contributed by atoms with van der Waals surface area (Å²) in [6, 6.07) is 10.3. The molecule has 3 rings (SSSR count). The van der Waals surface area contributed by atoms with Gasteiger partial charge in [0.2, 0.25) is 11.8 Å². The van der Waals surface area contributed by atoms with Crippen molar-refractivity contribution in [2.75, 3.05) is 19.0 Å². The van der Waals surface area contributed by atoms with Crippen molar-refractivity contribution in [1.29, 1.82) is 0 Å². The maximum atomic E-state index is 12.4. The van der Waals surface area contributed by atoms with Crippen molar-refractivity contribution in [1.82, 2.24) is 14.8 Å². The number of rotatable bonds is 6. The molecule has 0 fully saturated rings. The minimum absolute atomic E-state index is 0.0156. The zero-order valence-corrected chi connectivity index (χ0v) is 14.2. The van der Waals surface area contributed by atoms with Gasteiger partial charge in [0.1, 0.15) is 0 Å². The predicted molar refractivity (Wildman–Crippen MR) is 96.2 cm³/mol. The van der Waals surface area contributed by atoms with E-state index in [4.69, 9.17) is 9.84 Å². The lowest BCUT2D eigenvalue weighted by Gasteiger charge is -2.10. The Morgan fingerprint density at radius 1 is 1.23 bits per heavy atom. The van der Waals surface area contributed by atoms with Crippen LogP contribution in [0.2, 0.25) is 0 Å². The normalized spacial score (nSPS) is 10.7. The van der Waals surface area contributed by atoms with Gasteiger partial charge in [0.15, 0.2) is 0 Å². The highest BCUT2D eigenvalue weighted by Gasteiger charge is 2.13. The minimum Gasteiger partial charge on any atom is -0.481 e. The van der Waals surface area contributed by atoms with Crippen LogP contribution in [0.1, 0.15) is 5.69 Å². The third-order valence-electron chi connectivity index (χ3n) is 3.81. The highest BCUT2D eigenvalue weighted by molar-refractivity contribution is 5.95. The second-order valence-corrected chi connectivity index (χ2v) is 5.56. The van der Waals surface area contributed by atoms with E-state index in [0.29, 0.717) is 28.0 Å². The third kappa shape index (κ3) is 3.70. The second kappa shape index (κ2) is 7.75. The summed E-state index contributed by atoms with van der Waals surface area (Å²) >= 11 is 0. The van der Waals surface area contributed by atoms with Crippen molar-refractivity contribution in [2.24, 2.45) is 0 Å². The van der Waals surface area contributed by atoms with Gasteiger partial charge in [-0.25, -0.2) is 9.67 Å². The van der Waals surface area contributed by atoms with Gasteiger partial charge in [-0.05, 0) is 12.1 Å². The molecular formula is C18H18N4O4. The number of aromatic nitrogens is 3. The van der Waals surface area contributed by atoms with E-state index in [1.807, 2.05) is 0 Å². The van der Waals surface area contributed by atoms with Crippen molar-refractivity contribution in [2.45, 2.75) is 13.0 Å². The predicted octanol–water partition coefficient (Wildman–Crippen LogP) is 0.974. The number of carbonyl (C=O) groups excluding carboxylic acids is 1. The lowest BCUT2D eigenvalue weighted by molar-refractivity contribution is -0.115. The number of hydrogen-bond acceptors (Lipinski definition) is 6. The fraction of sp³-hybridized carbons (Fsp3) is 0.222. The van der Waals surface area contributed by atoms with Gasteiger partial charge < -0.3 is 15.2 Å². The van der Waals surface area contributed by atoms with E-state index in [1.165, 1.54) is 18.0 Å². The monoisotopic (exact) mass is 354 g/mol. The van der Waals surface area contributed by atoms with E-state index in [2.05, 4.69) is 15.4 Å². The average molecular weight is 354 g/mol. The van der Waals surface area contributed by atoms with Gasteiger partial charge in [0, 0.05) is 11.5 Å². The number of nitrogens with zero attached hydrogens (tertiary/aromatic N) is 3. The number of anilines is 1. The zero-order valence-electron chi connectivity index (χ0n) is 14.2. The first-order chi connectivity index (χ1) is 12.6. The van der Waals surface area contributed by atoms with Crippen molar-refractivity contribution in [3.63, 3.8) is 0 Å². The molecule has 0 saturated carbocycles. The molecular weight excluding hydrogens is 336 g/mol. The number of aliphatic hydroxyl groups excluding tert-OH is 1. The molecule has 26 heavy (non-hydrogen) atoms. The van der Waals surface area contributed by atoms with Crippen LogP contribution >= 0.6 is 0 Å². The Hall–Kier alpha value is -3.26. The van der Waals surface area contributed by atoms with Crippen LogP contribution in [0.25, 0.3) is 10.8 Å².